The fraction of sp³-hybridized carbons (Fsp3) is 0.227. The molecular weight excluding hydrogens is 458 g/mol. The monoisotopic (exact) mass is 472 g/mol. The molecule has 2 aromatic carbocycles. The van der Waals surface area contributed by atoms with Crippen LogP contribution >= 0.6 is 22.9 Å². The largest absolute Gasteiger partial charge is 0.474 e. The normalized spacial score (nSPS) is 14.3. The molecule has 0 unspecified atom stereocenters. The average molecular weight is 473 g/mol. The molecule has 32 heavy (non-hydrogen) atoms. The molecule has 10 heteroatoms. The fourth-order valence-corrected chi connectivity index (χ4v) is 5.45. The van der Waals surface area contributed by atoms with Gasteiger partial charge in [-0.2, -0.15) is 10.2 Å². The van der Waals surface area contributed by atoms with E-state index in [4.69, 9.17) is 22.1 Å². The second-order valence-electron chi connectivity index (χ2n) is 7.59. The van der Waals surface area contributed by atoms with Crippen molar-refractivity contribution in [3.05, 3.63) is 50.9 Å². The van der Waals surface area contributed by atoms with Gasteiger partial charge in [-0.1, -0.05) is 17.7 Å². The van der Waals surface area contributed by atoms with Crippen molar-refractivity contribution in [2.24, 2.45) is 0 Å². The number of ether oxygens (including phenoxy) is 1. The summed E-state index contributed by atoms with van der Waals surface area (Å²) in [5.74, 6) is -1.39. The Morgan fingerprint density at radius 1 is 1.31 bits per heavy atom. The number of H-pyrrole nitrogens is 1. The van der Waals surface area contributed by atoms with E-state index in [-0.39, 0.29) is 59.7 Å². The van der Waals surface area contributed by atoms with Crippen LogP contribution in [0.2, 0.25) is 5.02 Å². The van der Waals surface area contributed by atoms with E-state index in [0.717, 1.165) is 37.0 Å². The van der Waals surface area contributed by atoms with Gasteiger partial charge in [0.25, 0.3) is 0 Å². The van der Waals surface area contributed by atoms with Gasteiger partial charge in [-0.15, -0.1) is 11.3 Å². The minimum absolute atomic E-state index is 0.00157. The number of aromatic nitrogens is 2. The number of nitrogens with two attached hydrogens (primary N) is 1. The molecule has 1 saturated carbocycles. The van der Waals surface area contributed by atoms with Crippen LogP contribution in [-0.4, -0.2) is 16.1 Å². The molecule has 0 aliphatic heterocycles. The van der Waals surface area contributed by atoms with Gasteiger partial charge in [0.2, 0.25) is 5.88 Å². The third-order valence-electron chi connectivity index (χ3n) is 5.66. The molecule has 3 N–H and O–H groups in total. The van der Waals surface area contributed by atoms with Crippen LogP contribution in [0.25, 0.3) is 32.1 Å². The van der Waals surface area contributed by atoms with Gasteiger partial charge in [0.05, 0.1) is 26.2 Å². The van der Waals surface area contributed by atoms with E-state index in [1.54, 1.807) is 0 Å². The lowest BCUT2D eigenvalue weighted by Gasteiger charge is -2.16. The number of hydrogen-bond acceptors (Lipinski definition) is 6. The lowest BCUT2D eigenvalue weighted by Crippen LogP contribution is -2.18. The Labute approximate surface area is 189 Å². The topological polar surface area (TPSA) is 105 Å². The third kappa shape index (κ3) is 3.18. The van der Waals surface area contributed by atoms with Gasteiger partial charge in [-0.05, 0) is 43.4 Å². The van der Waals surface area contributed by atoms with Crippen molar-refractivity contribution in [2.45, 2.75) is 31.8 Å². The Balaban J connectivity index is 1.79. The van der Waals surface area contributed by atoms with E-state index >= 15 is 4.39 Å². The zero-order chi connectivity index (χ0) is 22.6. The SMILES string of the molecule is N#Cc1c(N)sc2c(F)ccc(-c3c(Cl)cc4c(OC5CCCC5)nc(=O)[nH]c4c3F)c12. The highest BCUT2D eigenvalue weighted by molar-refractivity contribution is 7.23. The number of nitrogens with one attached hydrogen (secondary N) is 1. The van der Waals surface area contributed by atoms with Crippen LogP contribution in [0, 0.1) is 23.0 Å². The van der Waals surface area contributed by atoms with Gasteiger partial charge < -0.3 is 15.5 Å². The maximum atomic E-state index is 15.8. The summed E-state index contributed by atoms with van der Waals surface area (Å²) >= 11 is 7.40. The van der Waals surface area contributed by atoms with Gasteiger partial charge in [0.1, 0.15) is 23.0 Å². The first-order valence-corrected chi connectivity index (χ1v) is 11.1. The second kappa shape index (κ2) is 7.73. The molecule has 2 aromatic heterocycles. The molecule has 162 valence electrons. The van der Waals surface area contributed by atoms with Crippen LogP contribution in [0.4, 0.5) is 13.8 Å². The lowest BCUT2D eigenvalue weighted by atomic mass is 9.97. The number of aromatic amines is 1. The van der Waals surface area contributed by atoms with Gasteiger partial charge in [0, 0.05) is 10.9 Å². The molecule has 1 aliphatic carbocycles. The number of anilines is 1. The molecular formula is C22H15ClF2N4O2S. The van der Waals surface area contributed by atoms with Crippen molar-refractivity contribution in [1.82, 2.24) is 9.97 Å². The second-order valence-corrected chi connectivity index (χ2v) is 9.05. The van der Waals surface area contributed by atoms with Crippen LogP contribution < -0.4 is 16.2 Å². The molecule has 0 radical (unpaired) electrons. The van der Waals surface area contributed by atoms with Gasteiger partial charge in [-0.3, -0.25) is 0 Å². The summed E-state index contributed by atoms with van der Waals surface area (Å²) in [6.07, 6.45) is 3.58. The zero-order valence-electron chi connectivity index (χ0n) is 16.5. The highest BCUT2D eigenvalue weighted by Crippen LogP contribution is 2.45. The standard InChI is InChI=1S/C22H15ClF2N4O2S/c23-13-7-11-18(28-22(30)29-21(11)31-9-3-1-2-4-9)17(25)16(13)10-5-6-14(24)19-15(10)12(8-26)20(27)32-19/h5-7,9H,1-4,27H2,(H,28,29,30). The quantitative estimate of drug-likeness (QED) is 0.409. The Morgan fingerprint density at radius 2 is 2.06 bits per heavy atom. The van der Waals surface area contributed by atoms with Crippen molar-refractivity contribution in [3.8, 4) is 23.1 Å². The Hall–Kier alpha value is -3.22. The molecule has 0 saturated heterocycles. The summed E-state index contributed by atoms with van der Waals surface area (Å²) in [7, 11) is 0. The molecule has 6 nitrogen and oxygen atoms in total. The van der Waals surface area contributed by atoms with Gasteiger partial charge in [0.15, 0.2) is 5.82 Å². The van der Waals surface area contributed by atoms with Crippen LogP contribution in [0.5, 0.6) is 5.88 Å². The molecule has 0 spiro atoms. The number of rotatable bonds is 3. The van der Waals surface area contributed by atoms with Gasteiger partial charge >= 0.3 is 5.69 Å². The Kier molecular flexibility index (Phi) is 4.99. The summed E-state index contributed by atoms with van der Waals surface area (Å²) in [6.45, 7) is 0. The summed E-state index contributed by atoms with van der Waals surface area (Å²) in [5.41, 5.74) is 5.17. The number of benzene rings is 2. The summed E-state index contributed by atoms with van der Waals surface area (Å²) in [6, 6.07) is 5.92. The predicted molar refractivity (Wildman–Crippen MR) is 120 cm³/mol. The molecule has 0 bridgehead atoms. The van der Waals surface area contributed by atoms with Crippen molar-refractivity contribution < 1.29 is 13.5 Å². The Morgan fingerprint density at radius 3 is 2.78 bits per heavy atom. The van der Waals surface area contributed by atoms with Crippen LogP contribution in [0.15, 0.2) is 23.0 Å². The minimum Gasteiger partial charge on any atom is -0.474 e. The van der Waals surface area contributed by atoms with E-state index in [1.807, 2.05) is 6.07 Å². The summed E-state index contributed by atoms with van der Waals surface area (Å²) in [4.78, 5) is 18.5. The first-order chi connectivity index (χ1) is 15.4. The van der Waals surface area contributed by atoms with E-state index in [0.29, 0.717) is 0 Å². The molecule has 1 aliphatic rings. The average Bonchev–Trinajstić information content (AvgIpc) is 3.38. The van der Waals surface area contributed by atoms with Gasteiger partial charge in [-0.25, -0.2) is 13.6 Å². The van der Waals surface area contributed by atoms with Crippen molar-refractivity contribution in [2.75, 3.05) is 5.73 Å². The lowest BCUT2D eigenvalue weighted by molar-refractivity contribution is 0.203. The van der Waals surface area contributed by atoms with Crippen molar-refractivity contribution in [3.63, 3.8) is 0 Å². The number of fused-ring (bicyclic) bond motifs is 2. The Bertz CT molecular complexity index is 1500. The molecule has 1 fully saturated rings. The first-order valence-electron chi connectivity index (χ1n) is 9.88. The number of nitrogens with zero attached hydrogens (tertiary/aromatic N) is 2. The molecule has 2 heterocycles. The van der Waals surface area contributed by atoms with Crippen LogP contribution in [0.3, 0.4) is 0 Å². The maximum Gasteiger partial charge on any atom is 0.348 e. The van der Waals surface area contributed by atoms with E-state index in [2.05, 4.69) is 9.97 Å². The number of nitriles is 1. The van der Waals surface area contributed by atoms with Crippen molar-refractivity contribution >= 4 is 48.9 Å². The number of halogens is 3. The minimum atomic E-state index is -0.829. The first kappa shape index (κ1) is 20.7. The molecule has 0 atom stereocenters. The van der Waals surface area contributed by atoms with Crippen LogP contribution in [0.1, 0.15) is 31.2 Å². The number of thiophene rings is 1. The molecule has 0 amide bonds. The molecule has 5 rings (SSSR count). The van der Waals surface area contributed by atoms with E-state index in [9.17, 15) is 14.4 Å². The summed E-state index contributed by atoms with van der Waals surface area (Å²) < 4.78 is 36.2. The highest BCUT2D eigenvalue weighted by Gasteiger charge is 2.25. The maximum absolute atomic E-state index is 15.8. The zero-order valence-corrected chi connectivity index (χ0v) is 18.0. The third-order valence-corrected chi connectivity index (χ3v) is 6.99. The molecule has 4 aromatic rings. The van der Waals surface area contributed by atoms with E-state index in [1.165, 1.54) is 18.2 Å². The number of hydrogen-bond donors (Lipinski definition) is 2. The fourth-order valence-electron chi connectivity index (χ4n) is 4.21. The highest BCUT2D eigenvalue weighted by atomic mass is 35.5. The predicted octanol–water partition coefficient (Wildman–Crippen LogP) is 5.51. The number of nitrogen functional groups attached to an aromatic ring is 1. The smallest absolute Gasteiger partial charge is 0.348 e. The van der Waals surface area contributed by atoms with E-state index < -0.39 is 17.3 Å². The van der Waals surface area contributed by atoms with Crippen LogP contribution in [-0.2, 0) is 0 Å². The summed E-state index contributed by atoms with van der Waals surface area (Å²) in [5, 5.41) is 10.1. The van der Waals surface area contributed by atoms with Crippen molar-refractivity contribution in [1.29, 1.82) is 5.26 Å².